The maximum absolute atomic E-state index is 4.97. The molecule has 0 N–H and O–H groups in total. The van der Waals surface area contributed by atoms with Crippen LogP contribution in [0.2, 0.25) is 0 Å². The Bertz CT molecular complexity index is 2150. The standard InChI is InChI=1S/C42H31N3/c1-42(2)37-16-10-9-15-35(37)36-26-25-34(27-38(36)42)30-19-23-33(24-20-30)41-44-39(31-13-7-4-8-14-31)43-40(45-41)32-21-17-29(18-22-32)28-11-5-3-6-12-28/h3-27H,1-2H3. The fraction of sp³-hybridized carbons (Fsp3) is 0.0714. The lowest BCUT2D eigenvalue weighted by molar-refractivity contribution is 0.660. The van der Waals surface area contributed by atoms with Crippen LogP contribution in [0.5, 0.6) is 0 Å². The van der Waals surface area contributed by atoms with Gasteiger partial charge in [0, 0.05) is 22.1 Å². The first kappa shape index (κ1) is 26.9. The molecule has 1 aliphatic rings. The smallest absolute Gasteiger partial charge is 0.164 e. The summed E-state index contributed by atoms with van der Waals surface area (Å²) in [4.78, 5) is 14.8. The van der Waals surface area contributed by atoms with Crippen LogP contribution in [-0.2, 0) is 5.41 Å². The number of aromatic nitrogens is 3. The van der Waals surface area contributed by atoms with Gasteiger partial charge in [0.25, 0.3) is 0 Å². The Balaban J connectivity index is 1.16. The lowest BCUT2D eigenvalue weighted by Crippen LogP contribution is -2.14. The molecule has 1 aromatic heterocycles. The maximum atomic E-state index is 4.97. The second kappa shape index (κ2) is 10.8. The second-order valence-corrected chi connectivity index (χ2v) is 12.1. The molecule has 0 saturated heterocycles. The Morgan fingerprint density at radius 3 is 1.29 bits per heavy atom. The van der Waals surface area contributed by atoms with E-state index in [1.54, 1.807) is 0 Å². The third-order valence-corrected chi connectivity index (χ3v) is 8.98. The molecule has 1 heterocycles. The van der Waals surface area contributed by atoms with E-state index in [0.717, 1.165) is 22.3 Å². The van der Waals surface area contributed by atoms with Gasteiger partial charge in [0.2, 0.25) is 0 Å². The van der Waals surface area contributed by atoms with Crippen LogP contribution in [0.25, 0.3) is 67.5 Å². The lowest BCUT2D eigenvalue weighted by atomic mass is 9.81. The van der Waals surface area contributed by atoms with Gasteiger partial charge >= 0.3 is 0 Å². The molecule has 7 aromatic rings. The number of rotatable bonds is 5. The largest absolute Gasteiger partial charge is 0.208 e. The van der Waals surface area contributed by atoms with E-state index < -0.39 is 0 Å². The van der Waals surface area contributed by atoms with Crippen molar-refractivity contribution in [2.45, 2.75) is 19.3 Å². The van der Waals surface area contributed by atoms with E-state index in [1.807, 2.05) is 36.4 Å². The van der Waals surface area contributed by atoms with E-state index in [1.165, 1.54) is 38.9 Å². The molecule has 0 radical (unpaired) electrons. The molecule has 0 bridgehead atoms. The van der Waals surface area contributed by atoms with Crippen molar-refractivity contribution < 1.29 is 0 Å². The molecule has 0 saturated carbocycles. The SMILES string of the molecule is CC1(C)c2ccccc2-c2ccc(-c3ccc(-c4nc(-c5ccccc5)nc(-c5ccc(-c6ccccc6)cc5)n4)cc3)cc21. The summed E-state index contributed by atoms with van der Waals surface area (Å²) in [7, 11) is 0. The fourth-order valence-corrected chi connectivity index (χ4v) is 6.49. The summed E-state index contributed by atoms with van der Waals surface area (Å²) in [6.07, 6.45) is 0. The van der Waals surface area contributed by atoms with Crippen LogP contribution in [0.4, 0.5) is 0 Å². The molecule has 0 atom stereocenters. The second-order valence-electron chi connectivity index (χ2n) is 12.1. The van der Waals surface area contributed by atoms with E-state index >= 15 is 0 Å². The minimum atomic E-state index is -0.0315. The van der Waals surface area contributed by atoms with Crippen molar-refractivity contribution in [2.24, 2.45) is 0 Å². The van der Waals surface area contributed by atoms with Crippen molar-refractivity contribution in [1.29, 1.82) is 0 Å². The van der Waals surface area contributed by atoms with E-state index in [-0.39, 0.29) is 5.41 Å². The predicted octanol–water partition coefficient (Wildman–Crippen LogP) is 10.5. The Morgan fingerprint density at radius 2 is 0.711 bits per heavy atom. The fourth-order valence-electron chi connectivity index (χ4n) is 6.49. The molecule has 214 valence electrons. The van der Waals surface area contributed by atoms with Gasteiger partial charge in [-0.15, -0.1) is 0 Å². The van der Waals surface area contributed by atoms with Crippen LogP contribution >= 0.6 is 0 Å². The molecule has 3 heteroatoms. The lowest BCUT2D eigenvalue weighted by Gasteiger charge is -2.22. The van der Waals surface area contributed by atoms with Crippen molar-refractivity contribution in [2.75, 3.05) is 0 Å². The van der Waals surface area contributed by atoms with Gasteiger partial charge in [-0.2, -0.15) is 0 Å². The van der Waals surface area contributed by atoms with Gasteiger partial charge in [-0.1, -0.05) is 159 Å². The van der Waals surface area contributed by atoms with Crippen molar-refractivity contribution in [1.82, 2.24) is 15.0 Å². The summed E-state index contributed by atoms with van der Waals surface area (Å²) in [5, 5.41) is 0. The van der Waals surface area contributed by atoms with Gasteiger partial charge in [-0.05, 0) is 50.6 Å². The highest BCUT2D eigenvalue weighted by Gasteiger charge is 2.35. The highest BCUT2D eigenvalue weighted by atomic mass is 15.0. The third-order valence-electron chi connectivity index (χ3n) is 8.98. The Kier molecular flexibility index (Phi) is 6.46. The molecule has 6 aromatic carbocycles. The number of nitrogens with zero attached hydrogens (tertiary/aromatic N) is 3. The third kappa shape index (κ3) is 4.83. The quantitative estimate of drug-likeness (QED) is 0.204. The van der Waals surface area contributed by atoms with Crippen molar-refractivity contribution in [3.8, 4) is 67.5 Å². The molecular formula is C42H31N3. The van der Waals surface area contributed by atoms with Crippen molar-refractivity contribution in [3.63, 3.8) is 0 Å². The molecule has 0 fully saturated rings. The van der Waals surface area contributed by atoms with Gasteiger partial charge in [0.05, 0.1) is 0 Å². The van der Waals surface area contributed by atoms with Gasteiger partial charge in [-0.25, -0.2) is 15.0 Å². The zero-order chi connectivity index (χ0) is 30.4. The van der Waals surface area contributed by atoms with Crippen molar-refractivity contribution in [3.05, 3.63) is 163 Å². The molecular weight excluding hydrogens is 546 g/mol. The van der Waals surface area contributed by atoms with E-state index in [4.69, 9.17) is 15.0 Å². The number of hydrogen-bond donors (Lipinski definition) is 0. The molecule has 0 unspecified atom stereocenters. The topological polar surface area (TPSA) is 38.7 Å². The molecule has 3 nitrogen and oxygen atoms in total. The zero-order valence-electron chi connectivity index (χ0n) is 25.3. The maximum Gasteiger partial charge on any atom is 0.164 e. The Morgan fingerprint density at radius 1 is 0.333 bits per heavy atom. The van der Waals surface area contributed by atoms with Gasteiger partial charge in [-0.3, -0.25) is 0 Å². The molecule has 0 aliphatic heterocycles. The Hall–Kier alpha value is -5.67. The van der Waals surface area contributed by atoms with Gasteiger partial charge < -0.3 is 0 Å². The highest BCUT2D eigenvalue weighted by molar-refractivity contribution is 5.84. The first-order chi connectivity index (χ1) is 22.0. The van der Waals surface area contributed by atoms with Crippen LogP contribution in [0.15, 0.2) is 152 Å². The average Bonchev–Trinajstić information content (AvgIpc) is 3.34. The van der Waals surface area contributed by atoms with Gasteiger partial charge in [0.1, 0.15) is 0 Å². The van der Waals surface area contributed by atoms with E-state index in [0.29, 0.717) is 17.5 Å². The normalized spacial score (nSPS) is 12.8. The van der Waals surface area contributed by atoms with Crippen LogP contribution < -0.4 is 0 Å². The molecule has 0 spiro atoms. The van der Waals surface area contributed by atoms with E-state index in [9.17, 15) is 0 Å². The first-order valence-electron chi connectivity index (χ1n) is 15.4. The number of hydrogen-bond acceptors (Lipinski definition) is 3. The molecule has 8 rings (SSSR count). The van der Waals surface area contributed by atoms with Crippen LogP contribution in [-0.4, -0.2) is 15.0 Å². The summed E-state index contributed by atoms with van der Waals surface area (Å²) in [5.41, 5.74) is 13.0. The van der Waals surface area contributed by atoms with Crippen LogP contribution in [0, 0.1) is 0 Å². The highest BCUT2D eigenvalue weighted by Crippen LogP contribution is 2.49. The Labute approximate surface area is 264 Å². The first-order valence-corrected chi connectivity index (χ1v) is 15.4. The zero-order valence-corrected chi connectivity index (χ0v) is 25.3. The summed E-state index contributed by atoms with van der Waals surface area (Å²) < 4.78 is 0. The summed E-state index contributed by atoms with van der Waals surface area (Å²) in [6, 6.07) is 53.2. The number of fused-ring (bicyclic) bond motifs is 3. The van der Waals surface area contributed by atoms with Gasteiger partial charge in [0.15, 0.2) is 17.5 Å². The summed E-state index contributed by atoms with van der Waals surface area (Å²) in [6.45, 7) is 4.64. The summed E-state index contributed by atoms with van der Waals surface area (Å²) >= 11 is 0. The van der Waals surface area contributed by atoms with Crippen LogP contribution in [0.3, 0.4) is 0 Å². The van der Waals surface area contributed by atoms with Crippen LogP contribution in [0.1, 0.15) is 25.0 Å². The van der Waals surface area contributed by atoms with E-state index in [2.05, 4.69) is 129 Å². The monoisotopic (exact) mass is 577 g/mol. The summed E-state index contributed by atoms with van der Waals surface area (Å²) in [5.74, 6) is 1.97. The minimum Gasteiger partial charge on any atom is -0.208 e. The molecule has 1 aliphatic carbocycles. The average molecular weight is 578 g/mol. The molecule has 0 amide bonds. The molecule has 45 heavy (non-hydrogen) atoms. The minimum absolute atomic E-state index is 0.0315. The number of benzene rings is 6. The predicted molar refractivity (Wildman–Crippen MR) is 185 cm³/mol. The van der Waals surface area contributed by atoms with Crippen molar-refractivity contribution >= 4 is 0 Å².